The first-order chi connectivity index (χ1) is 6.27. The van der Waals surface area contributed by atoms with Crippen molar-refractivity contribution in [1.82, 2.24) is 9.59 Å². The van der Waals surface area contributed by atoms with Crippen molar-refractivity contribution >= 4 is 17.5 Å². The lowest BCUT2D eigenvalue weighted by atomic mass is 10.0. The Hall–Kier alpha value is -1.01. The van der Waals surface area contributed by atoms with E-state index in [-0.39, 0.29) is 18.3 Å². The summed E-state index contributed by atoms with van der Waals surface area (Å²) in [6.07, 6.45) is 0.262. The van der Waals surface area contributed by atoms with Crippen LogP contribution >= 0.6 is 11.5 Å². The number of carbonyl (C=O) groups excluding carboxylic acids is 1. The lowest BCUT2D eigenvalue weighted by Gasteiger charge is -2.08. The van der Waals surface area contributed by atoms with Gasteiger partial charge in [-0.25, -0.2) is 0 Å². The van der Waals surface area contributed by atoms with Gasteiger partial charge in [-0.3, -0.25) is 4.79 Å². The molecule has 0 saturated carbocycles. The molecule has 1 atom stereocenters. The molecule has 72 valence electrons. The van der Waals surface area contributed by atoms with E-state index in [1.54, 1.807) is 5.38 Å². The van der Waals surface area contributed by atoms with E-state index in [9.17, 15) is 4.79 Å². The molecule has 0 aliphatic heterocycles. The second-order valence-electron chi connectivity index (χ2n) is 2.54. The molecule has 0 radical (unpaired) electrons. The standard InChI is InChI=1S/C7H11N3O2S/c1-12-7(11)2-5(3-8)6-4-13-10-9-6/h4-5H,2-3,8H2,1H3. The molecule has 1 heterocycles. The van der Waals surface area contributed by atoms with Gasteiger partial charge in [0.1, 0.15) is 0 Å². The van der Waals surface area contributed by atoms with Crippen LogP contribution in [0.15, 0.2) is 5.38 Å². The summed E-state index contributed by atoms with van der Waals surface area (Å²) in [7, 11) is 1.36. The second-order valence-corrected chi connectivity index (χ2v) is 3.15. The molecule has 1 aromatic heterocycles. The van der Waals surface area contributed by atoms with Gasteiger partial charge in [-0.2, -0.15) is 0 Å². The molecule has 1 unspecified atom stereocenters. The highest BCUT2D eigenvalue weighted by Crippen LogP contribution is 2.17. The van der Waals surface area contributed by atoms with Gasteiger partial charge in [0.25, 0.3) is 0 Å². The number of nitrogens with two attached hydrogens (primary N) is 1. The van der Waals surface area contributed by atoms with Crippen molar-refractivity contribution in [3.8, 4) is 0 Å². The number of hydrogen-bond acceptors (Lipinski definition) is 6. The summed E-state index contributed by atoms with van der Waals surface area (Å²) >= 11 is 1.25. The minimum absolute atomic E-state index is 0.0776. The first-order valence-electron chi connectivity index (χ1n) is 3.81. The average molecular weight is 201 g/mol. The third kappa shape index (κ3) is 2.74. The Morgan fingerprint density at radius 1 is 1.85 bits per heavy atom. The van der Waals surface area contributed by atoms with E-state index < -0.39 is 0 Å². The minimum atomic E-state index is -0.275. The van der Waals surface area contributed by atoms with Gasteiger partial charge in [-0.15, -0.1) is 5.10 Å². The minimum Gasteiger partial charge on any atom is -0.469 e. The molecule has 6 heteroatoms. The van der Waals surface area contributed by atoms with Gasteiger partial charge in [0, 0.05) is 17.8 Å². The van der Waals surface area contributed by atoms with Crippen molar-refractivity contribution in [3.63, 3.8) is 0 Å². The quantitative estimate of drug-likeness (QED) is 0.701. The van der Waals surface area contributed by atoms with Crippen LogP contribution in [0.4, 0.5) is 0 Å². The zero-order valence-electron chi connectivity index (χ0n) is 7.27. The zero-order valence-corrected chi connectivity index (χ0v) is 8.08. The number of carbonyl (C=O) groups is 1. The molecule has 0 aliphatic rings. The van der Waals surface area contributed by atoms with E-state index in [0.29, 0.717) is 6.54 Å². The highest BCUT2D eigenvalue weighted by Gasteiger charge is 2.16. The zero-order chi connectivity index (χ0) is 9.68. The number of aromatic nitrogens is 2. The van der Waals surface area contributed by atoms with Crippen LogP contribution in [0.1, 0.15) is 18.0 Å². The van der Waals surface area contributed by atoms with Crippen molar-refractivity contribution in [3.05, 3.63) is 11.1 Å². The molecule has 5 nitrogen and oxygen atoms in total. The predicted molar refractivity (Wildman–Crippen MR) is 48.3 cm³/mol. The van der Waals surface area contributed by atoms with E-state index >= 15 is 0 Å². The van der Waals surface area contributed by atoms with E-state index in [4.69, 9.17) is 5.73 Å². The van der Waals surface area contributed by atoms with Gasteiger partial charge in [0.05, 0.1) is 19.2 Å². The van der Waals surface area contributed by atoms with Crippen LogP contribution < -0.4 is 5.73 Å². The molecular formula is C7H11N3O2S. The molecule has 0 aromatic carbocycles. The maximum Gasteiger partial charge on any atom is 0.306 e. The Kier molecular flexibility index (Phi) is 3.78. The van der Waals surface area contributed by atoms with E-state index in [1.807, 2.05) is 0 Å². The van der Waals surface area contributed by atoms with E-state index in [1.165, 1.54) is 18.6 Å². The summed E-state index contributed by atoms with van der Waals surface area (Å²) < 4.78 is 8.25. The highest BCUT2D eigenvalue weighted by atomic mass is 32.1. The first kappa shape index (κ1) is 10.1. The smallest absolute Gasteiger partial charge is 0.306 e. The summed E-state index contributed by atoms with van der Waals surface area (Å²) in [6, 6.07) is 0. The van der Waals surface area contributed by atoms with Crippen LogP contribution in [-0.4, -0.2) is 29.2 Å². The first-order valence-corrected chi connectivity index (χ1v) is 4.65. The molecule has 0 bridgehead atoms. The largest absolute Gasteiger partial charge is 0.469 e. The Labute approximate surface area is 80.1 Å². The number of rotatable bonds is 4. The Morgan fingerprint density at radius 3 is 3.08 bits per heavy atom. The van der Waals surface area contributed by atoms with Gasteiger partial charge in [-0.05, 0) is 11.5 Å². The lowest BCUT2D eigenvalue weighted by molar-refractivity contribution is -0.141. The molecule has 0 saturated heterocycles. The van der Waals surface area contributed by atoms with E-state index in [2.05, 4.69) is 14.3 Å². The molecular weight excluding hydrogens is 190 g/mol. The molecule has 13 heavy (non-hydrogen) atoms. The lowest BCUT2D eigenvalue weighted by Crippen LogP contribution is -2.17. The van der Waals surface area contributed by atoms with Crippen molar-refractivity contribution in [2.75, 3.05) is 13.7 Å². The number of ether oxygens (including phenoxy) is 1. The Balaban J connectivity index is 2.58. The van der Waals surface area contributed by atoms with Crippen LogP contribution in [-0.2, 0) is 9.53 Å². The molecule has 0 aliphatic carbocycles. The van der Waals surface area contributed by atoms with Crippen LogP contribution in [0.5, 0.6) is 0 Å². The monoisotopic (exact) mass is 201 g/mol. The molecule has 0 amide bonds. The Bertz CT molecular complexity index is 263. The van der Waals surface area contributed by atoms with Gasteiger partial charge < -0.3 is 10.5 Å². The van der Waals surface area contributed by atoms with Crippen molar-refractivity contribution < 1.29 is 9.53 Å². The second kappa shape index (κ2) is 4.88. The average Bonchev–Trinajstić information content (AvgIpc) is 2.66. The van der Waals surface area contributed by atoms with Crippen LogP contribution in [0.2, 0.25) is 0 Å². The molecule has 2 N–H and O–H groups in total. The third-order valence-corrected chi connectivity index (χ3v) is 2.24. The summed E-state index contributed by atoms with van der Waals surface area (Å²) in [4.78, 5) is 11.0. The maximum atomic E-state index is 11.0. The van der Waals surface area contributed by atoms with Gasteiger partial charge in [0.2, 0.25) is 0 Å². The normalized spacial score (nSPS) is 12.5. The summed E-state index contributed by atoms with van der Waals surface area (Å²) in [6.45, 7) is 0.376. The molecule has 0 spiro atoms. The highest BCUT2D eigenvalue weighted by molar-refractivity contribution is 7.03. The van der Waals surface area contributed by atoms with Crippen LogP contribution in [0.25, 0.3) is 0 Å². The van der Waals surface area contributed by atoms with Gasteiger partial charge in [-0.1, -0.05) is 4.49 Å². The number of esters is 1. The topological polar surface area (TPSA) is 78.1 Å². The summed E-state index contributed by atoms with van der Waals surface area (Å²) in [5.41, 5.74) is 6.26. The summed E-state index contributed by atoms with van der Waals surface area (Å²) in [5.74, 6) is -0.352. The SMILES string of the molecule is COC(=O)CC(CN)c1csnn1. The van der Waals surface area contributed by atoms with Gasteiger partial charge in [0.15, 0.2) is 0 Å². The maximum absolute atomic E-state index is 11.0. The van der Waals surface area contributed by atoms with Crippen molar-refractivity contribution in [2.45, 2.75) is 12.3 Å². The molecule has 0 fully saturated rings. The van der Waals surface area contributed by atoms with Crippen LogP contribution in [0.3, 0.4) is 0 Å². The van der Waals surface area contributed by atoms with Crippen molar-refractivity contribution in [2.24, 2.45) is 5.73 Å². The number of hydrogen-bond donors (Lipinski definition) is 1. The van der Waals surface area contributed by atoms with Crippen molar-refractivity contribution in [1.29, 1.82) is 0 Å². The number of methoxy groups -OCH3 is 1. The predicted octanol–water partition coefficient (Wildman–Crippen LogP) is 0.143. The fourth-order valence-electron chi connectivity index (χ4n) is 0.943. The van der Waals surface area contributed by atoms with E-state index in [0.717, 1.165) is 5.69 Å². The molecule has 1 rings (SSSR count). The van der Waals surface area contributed by atoms with Gasteiger partial charge >= 0.3 is 5.97 Å². The summed E-state index contributed by atoms with van der Waals surface area (Å²) in [5, 5.41) is 5.65. The fourth-order valence-corrected chi connectivity index (χ4v) is 1.48. The third-order valence-electron chi connectivity index (χ3n) is 1.72. The fraction of sp³-hybridized carbons (Fsp3) is 0.571. The molecule has 1 aromatic rings. The Morgan fingerprint density at radius 2 is 2.62 bits per heavy atom. The van der Waals surface area contributed by atoms with Crippen LogP contribution in [0, 0.1) is 0 Å². The number of nitrogens with zero attached hydrogens (tertiary/aromatic N) is 2.